The van der Waals surface area contributed by atoms with E-state index in [1.165, 1.54) is 18.2 Å². The van der Waals surface area contributed by atoms with Crippen molar-refractivity contribution >= 4 is 9.84 Å². The Labute approximate surface area is 87.5 Å². The molecule has 1 aliphatic rings. The molecule has 0 radical (unpaired) electrons. The Bertz CT molecular complexity index is 477. The molecule has 0 aliphatic heterocycles. The van der Waals surface area contributed by atoms with Crippen LogP contribution >= 0.6 is 0 Å². The van der Waals surface area contributed by atoms with Gasteiger partial charge in [-0.2, -0.15) is 0 Å². The number of halogens is 1. The number of aliphatic hydroxyl groups is 1. The molecule has 0 heterocycles. The van der Waals surface area contributed by atoms with Crippen molar-refractivity contribution in [1.29, 1.82) is 0 Å². The lowest BCUT2D eigenvalue weighted by molar-refractivity contribution is 0.283. The van der Waals surface area contributed by atoms with Gasteiger partial charge in [-0.3, -0.25) is 0 Å². The molecule has 0 spiro atoms. The molecule has 0 unspecified atom stereocenters. The summed E-state index contributed by atoms with van der Waals surface area (Å²) < 4.78 is 35.8. The van der Waals surface area contributed by atoms with E-state index >= 15 is 0 Å². The molecule has 1 N–H and O–H groups in total. The molecule has 0 saturated heterocycles. The number of benzene rings is 1. The van der Waals surface area contributed by atoms with Crippen LogP contribution in [0.3, 0.4) is 0 Å². The molecular formula is C10H11FO3S. The summed E-state index contributed by atoms with van der Waals surface area (Å²) in [4.78, 5) is -0.0472. The lowest BCUT2D eigenvalue weighted by Gasteiger charge is -2.12. The van der Waals surface area contributed by atoms with Crippen molar-refractivity contribution in [1.82, 2.24) is 0 Å². The minimum absolute atomic E-state index is 0.0472. The average molecular weight is 230 g/mol. The zero-order valence-corrected chi connectivity index (χ0v) is 8.80. The van der Waals surface area contributed by atoms with Gasteiger partial charge >= 0.3 is 0 Å². The van der Waals surface area contributed by atoms with Crippen LogP contribution in [-0.2, 0) is 9.84 Å². The number of rotatable bonds is 3. The molecule has 1 aromatic carbocycles. The summed E-state index contributed by atoms with van der Waals surface area (Å²) in [7, 11) is -3.59. The van der Waals surface area contributed by atoms with Gasteiger partial charge in [0, 0.05) is 0 Å². The lowest BCUT2D eigenvalue weighted by atomic mass is 10.3. The first kappa shape index (κ1) is 10.6. The number of sulfone groups is 1. The van der Waals surface area contributed by atoms with Crippen molar-refractivity contribution in [2.45, 2.75) is 22.5 Å². The fourth-order valence-corrected chi connectivity index (χ4v) is 3.37. The highest BCUT2D eigenvalue weighted by Gasteiger charge is 2.54. The largest absolute Gasteiger partial charge is 0.395 e. The van der Waals surface area contributed by atoms with Crippen LogP contribution in [0.2, 0.25) is 0 Å². The van der Waals surface area contributed by atoms with E-state index in [1.54, 1.807) is 0 Å². The maximum absolute atomic E-state index is 12.9. The minimum atomic E-state index is -3.59. The van der Waals surface area contributed by atoms with Gasteiger partial charge in [0.2, 0.25) is 0 Å². The smallest absolute Gasteiger partial charge is 0.186 e. The van der Waals surface area contributed by atoms with Crippen molar-refractivity contribution in [3.63, 3.8) is 0 Å². The van der Waals surface area contributed by atoms with Crippen LogP contribution in [0.5, 0.6) is 0 Å². The predicted molar refractivity (Wildman–Crippen MR) is 52.6 cm³/mol. The SMILES string of the molecule is O=S(=O)(c1cccc(F)c1)C1(CO)CC1. The van der Waals surface area contributed by atoms with Gasteiger partial charge in [0.15, 0.2) is 9.84 Å². The van der Waals surface area contributed by atoms with Gasteiger partial charge in [0.05, 0.1) is 16.2 Å². The maximum atomic E-state index is 12.9. The molecule has 1 aliphatic carbocycles. The molecule has 0 amide bonds. The molecule has 1 aromatic rings. The van der Waals surface area contributed by atoms with Gasteiger partial charge in [-0.05, 0) is 31.0 Å². The first-order chi connectivity index (χ1) is 7.02. The number of hydrogen-bond donors (Lipinski definition) is 1. The minimum Gasteiger partial charge on any atom is -0.395 e. The van der Waals surface area contributed by atoms with E-state index in [9.17, 15) is 12.8 Å². The highest BCUT2D eigenvalue weighted by molar-refractivity contribution is 7.93. The van der Waals surface area contributed by atoms with Crippen LogP contribution in [0.1, 0.15) is 12.8 Å². The molecule has 0 atom stereocenters. The van der Waals surface area contributed by atoms with Crippen LogP contribution in [0.25, 0.3) is 0 Å². The standard InChI is InChI=1S/C10H11FO3S/c11-8-2-1-3-9(6-8)15(13,14)10(7-12)4-5-10/h1-3,6,12H,4-5,7H2. The van der Waals surface area contributed by atoms with Crippen molar-refractivity contribution < 1.29 is 17.9 Å². The molecule has 82 valence electrons. The van der Waals surface area contributed by atoms with Crippen molar-refractivity contribution in [2.24, 2.45) is 0 Å². The van der Waals surface area contributed by atoms with E-state index < -0.39 is 27.0 Å². The Balaban J connectivity index is 2.47. The van der Waals surface area contributed by atoms with Crippen molar-refractivity contribution in [3.05, 3.63) is 30.1 Å². The third-order valence-corrected chi connectivity index (χ3v) is 5.32. The van der Waals surface area contributed by atoms with Crippen LogP contribution in [0.4, 0.5) is 4.39 Å². The Morgan fingerprint density at radius 3 is 2.53 bits per heavy atom. The fraction of sp³-hybridized carbons (Fsp3) is 0.400. The van der Waals surface area contributed by atoms with Crippen LogP contribution < -0.4 is 0 Å². The van der Waals surface area contributed by atoms with Gasteiger partial charge < -0.3 is 5.11 Å². The summed E-state index contributed by atoms with van der Waals surface area (Å²) in [5.41, 5.74) is 0. The number of hydrogen-bond acceptors (Lipinski definition) is 3. The summed E-state index contributed by atoms with van der Waals surface area (Å²) in [5, 5.41) is 9.05. The van der Waals surface area contributed by atoms with Crippen LogP contribution in [-0.4, -0.2) is 24.9 Å². The Hall–Kier alpha value is -0.940. The van der Waals surface area contributed by atoms with E-state index in [0.29, 0.717) is 12.8 Å². The Morgan fingerprint density at radius 2 is 2.07 bits per heavy atom. The van der Waals surface area contributed by atoms with E-state index in [2.05, 4.69) is 0 Å². The summed E-state index contributed by atoms with van der Waals surface area (Å²) in [6.45, 7) is -0.397. The third-order valence-electron chi connectivity index (χ3n) is 2.77. The zero-order valence-electron chi connectivity index (χ0n) is 7.98. The molecule has 1 saturated carbocycles. The van der Waals surface area contributed by atoms with E-state index in [0.717, 1.165) is 6.07 Å². The molecule has 2 rings (SSSR count). The fourth-order valence-electron chi connectivity index (χ4n) is 1.54. The Kier molecular flexibility index (Phi) is 2.31. The summed E-state index contributed by atoms with van der Waals surface area (Å²) in [6.07, 6.45) is 0.894. The lowest BCUT2D eigenvalue weighted by Crippen LogP contribution is -2.27. The maximum Gasteiger partial charge on any atom is 0.186 e. The van der Waals surface area contributed by atoms with E-state index in [1.807, 2.05) is 0 Å². The van der Waals surface area contributed by atoms with E-state index in [4.69, 9.17) is 5.11 Å². The molecular weight excluding hydrogens is 219 g/mol. The van der Waals surface area contributed by atoms with Crippen molar-refractivity contribution in [3.8, 4) is 0 Å². The van der Waals surface area contributed by atoms with Crippen molar-refractivity contribution in [2.75, 3.05) is 6.61 Å². The second kappa shape index (κ2) is 3.28. The normalized spacial score (nSPS) is 18.8. The molecule has 15 heavy (non-hydrogen) atoms. The van der Waals surface area contributed by atoms with Crippen LogP contribution in [0, 0.1) is 5.82 Å². The third kappa shape index (κ3) is 1.55. The van der Waals surface area contributed by atoms with Gasteiger partial charge in [0.1, 0.15) is 5.82 Å². The molecule has 1 fully saturated rings. The molecule has 3 nitrogen and oxygen atoms in total. The second-order valence-corrected chi connectivity index (χ2v) is 6.15. The van der Waals surface area contributed by atoms with Gasteiger partial charge in [-0.25, -0.2) is 12.8 Å². The van der Waals surface area contributed by atoms with Gasteiger partial charge in [0.25, 0.3) is 0 Å². The monoisotopic (exact) mass is 230 g/mol. The van der Waals surface area contributed by atoms with Gasteiger partial charge in [-0.15, -0.1) is 0 Å². The second-order valence-electron chi connectivity index (χ2n) is 3.80. The predicted octanol–water partition coefficient (Wildman–Crippen LogP) is 1.12. The zero-order chi connectivity index (χ0) is 11.1. The highest BCUT2D eigenvalue weighted by atomic mass is 32.2. The summed E-state index contributed by atoms with van der Waals surface area (Å²) >= 11 is 0. The first-order valence-corrected chi connectivity index (χ1v) is 6.11. The quantitative estimate of drug-likeness (QED) is 0.846. The molecule has 0 aromatic heterocycles. The Morgan fingerprint density at radius 1 is 1.40 bits per heavy atom. The topological polar surface area (TPSA) is 54.4 Å². The average Bonchev–Trinajstić information content (AvgIpc) is 2.98. The molecule has 0 bridgehead atoms. The molecule has 5 heteroatoms. The highest BCUT2D eigenvalue weighted by Crippen LogP contribution is 2.46. The summed E-state index contributed by atoms with van der Waals surface area (Å²) in [5.74, 6) is -0.579. The van der Waals surface area contributed by atoms with Crippen LogP contribution in [0.15, 0.2) is 29.2 Å². The first-order valence-electron chi connectivity index (χ1n) is 4.63. The van der Waals surface area contributed by atoms with Gasteiger partial charge in [-0.1, -0.05) is 6.07 Å². The number of aliphatic hydroxyl groups excluding tert-OH is 1. The van der Waals surface area contributed by atoms with E-state index in [-0.39, 0.29) is 4.90 Å². The summed E-state index contributed by atoms with van der Waals surface area (Å²) in [6, 6.07) is 4.90.